The quantitative estimate of drug-likeness (QED) is 0.846. The topological polar surface area (TPSA) is 24.9 Å². The van der Waals surface area contributed by atoms with Crippen LogP contribution >= 0.6 is 0 Å². The smallest absolute Gasteiger partial charge is 0.0349 e. The number of rotatable bonds is 3. The summed E-state index contributed by atoms with van der Waals surface area (Å²) in [5.74, 6) is 0. The van der Waals surface area contributed by atoms with Gasteiger partial charge in [-0.2, -0.15) is 0 Å². The first-order chi connectivity index (χ1) is 7.81. The lowest BCUT2D eigenvalue weighted by Crippen LogP contribution is -2.04. The third kappa shape index (κ3) is 2.28. The van der Waals surface area contributed by atoms with E-state index in [1.807, 2.05) is 25.5 Å². The molecule has 1 N–H and O–H groups in total. The molecule has 1 aromatic carbocycles. The molecule has 0 aliphatic heterocycles. The van der Waals surface area contributed by atoms with Crippen LogP contribution in [0.25, 0.3) is 11.1 Å². The highest BCUT2D eigenvalue weighted by atomic mass is 14.8. The van der Waals surface area contributed by atoms with Gasteiger partial charge in [-0.15, -0.1) is 0 Å². The molecule has 0 aliphatic rings. The standard InChI is InChI=1S/C14H16N2/c1-11-7-8-16-10-14(11)13-5-3-12(4-6-13)9-15-2/h3-8,10,15H,9H2,1-2H3. The third-order valence-corrected chi connectivity index (χ3v) is 2.68. The Morgan fingerprint density at radius 1 is 1.12 bits per heavy atom. The number of nitrogens with one attached hydrogen (secondary N) is 1. The van der Waals surface area contributed by atoms with Crippen LogP contribution in [0.2, 0.25) is 0 Å². The fourth-order valence-electron chi connectivity index (χ4n) is 1.77. The van der Waals surface area contributed by atoms with E-state index >= 15 is 0 Å². The van der Waals surface area contributed by atoms with Crippen molar-refractivity contribution in [1.29, 1.82) is 0 Å². The van der Waals surface area contributed by atoms with Crippen LogP contribution in [-0.4, -0.2) is 12.0 Å². The zero-order valence-electron chi connectivity index (χ0n) is 9.70. The summed E-state index contributed by atoms with van der Waals surface area (Å²) in [5, 5.41) is 3.14. The van der Waals surface area contributed by atoms with E-state index < -0.39 is 0 Å². The van der Waals surface area contributed by atoms with E-state index in [0.29, 0.717) is 0 Å². The SMILES string of the molecule is CNCc1ccc(-c2cnccc2C)cc1. The molecule has 2 nitrogen and oxygen atoms in total. The van der Waals surface area contributed by atoms with Gasteiger partial charge in [0, 0.05) is 24.5 Å². The molecule has 0 atom stereocenters. The number of aromatic nitrogens is 1. The molecule has 0 unspecified atom stereocenters. The minimum absolute atomic E-state index is 0.909. The summed E-state index contributed by atoms with van der Waals surface area (Å²) < 4.78 is 0. The van der Waals surface area contributed by atoms with Crippen molar-refractivity contribution in [3.05, 3.63) is 53.9 Å². The number of hydrogen-bond donors (Lipinski definition) is 1. The van der Waals surface area contributed by atoms with E-state index in [1.54, 1.807) is 0 Å². The van der Waals surface area contributed by atoms with Gasteiger partial charge in [-0.05, 0) is 36.7 Å². The summed E-state index contributed by atoms with van der Waals surface area (Å²) in [5.41, 5.74) is 4.99. The summed E-state index contributed by atoms with van der Waals surface area (Å²) in [6.45, 7) is 3.02. The fourth-order valence-corrected chi connectivity index (χ4v) is 1.77. The molecule has 0 fully saturated rings. The van der Waals surface area contributed by atoms with Gasteiger partial charge in [0.15, 0.2) is 0 Å². The molecule has 0 radical (unpaired) electrons. The summed E-state index contributed by atoms with van der Waals surface area (Å²) in [6, 6.07) is 10.6. The summed E-state index contributed by atoms with van der Waals surface area (Å²) in [6.07, 6.45) is 3.75. The van der Waals surface area contributed by atoms with Crippen molar-refractivity contribution in [3.8, 4) is 11.1 Å². The first-order valence-electron chi connectivity index (χ1n) is 5.46. The maximum atomic E-state index is 4.17. The molecule has 0 aliphatic carbocycles. The van der Waals surface area contributed by atoms with E-state index in [4.69, 9.17) is 0 Å². The van der Waals surface area contributed by atoms with Crippen LogP contribution in [0, 0.1) is 6.92 Å². The summed E-state index contributed by atoms with van der Waals surface area (Å²) in [7, 11) is 1.96. The van der Waals surface area contributed by atoms with Crippen LogP contribution in [0.3, 0.4) is 0 Å². The lowest BCUT2D eigenvalue weighted by atomic mass is 10.0. The van der Waals surface area contributed by atoms with Crippen molar-refractivity contribution in [3.63, 3.8) is 0 Å². The van der Waals surface area contributed by atoms with Crippen molar-refractivity contribution < 1.29 is 0 Å². The molecule has 16 heavy (non-hydrogen) atoms. The van der Waals surface area contributed by atoms with Gasteiger partial charge in [-0.25, -0.2) is 0 Å². The number of nitrogens with zero attached hydrogens (tertiary/aromatic N) is 1. The van der Waals surface area contributed by atoms with Crippen molar-refractivity contribution in [2.75, 3.05) is 7.05 Å². The Bertz CT molecular complexity index is 460. The molecule has 0 spiro atoms. The van der Waals surface area contributed by atoms with Crippen molar-refractivity contribution in [2.24, 2.45) is 0 Å². The van der Waals surface area contributed by atoms with Gasteiger partial charge in [0.2, 0.25) is 0 Å². The maximum Gasteiger partial charge on any atom is 0.0349 e. The molecule has 0 bridgehead atoms. The molecular weight excluding hydrogens is 196 g/mol. The van der Waals surface area contributed by atoms with Crippen molar-refractivity contribution >= 4 is 0 Å². The van der Waals surface area contributed by atoms with Crippen molar-refractivity contribution in [2.45, 2.75) is 13.5 Å². The van der Waals surface area contributed by atoms with Crippen LogP contribution in [0.1, 0.15) is 11.1 Å². The zero-order chi connectivity index (χ0) is 11.4. The van der Waals surface area contributed by atoms with Gasteiger partial charge in [0.1, 0.15) is 0 Å². The van der Waals surface area contributed by atoms with Crippen molar-refractivity contribution in [1.82, 2.24) is 10.3 Å². The van der Waals surface area contributed by atoms with Crippen LogP contribution in [0.15, 0.2) is 42.7 Å². The van der Waals surface area contributed by atoms with E-state index in [9.17, 15) is 0 Å². The maximum absolute atomic E-state index is 4.17. The Kier molecular flexibility index (Phi) is 3.32. The summed E-state index contributed by atoms with van der Waals surface area (Å²) >= 11 is 0. The predicted octanol–water partition coefficient (Wildman–Crippen LogP) is 2.78. The first kappa shape index (κ1) is 10.8. The lowest BCUT2D eigenvalue weighted by molar-refractivity contribution is 0.818. The van der Waals surface area contributed by atoms with Gasteiger partial charge in [-0.3, -0.25) is 4.98 Å². The molecule has 2 aromatic rings. The molecule has 0 saturated heterocycles. The highest BCUT2D eigenvalue weighted by molar-refractivity contribution is 5.66. The largest absolute Gasteiger partial charge is 0.316 e. The Balaban J connectivity index is 2.31. The average molecular weight is 212 g/mol. The molecule has 0 saturated carbocycles. The number of aryl methyl sites for hydroxylation is 1. The molecule has 2 rings (SSSR count). The Morgan fingerprint density at radius 3 is 2.50 bits per heavy atom. The highest BCUT2D eigenvalue weighted by Crippen LogP contribution is 2.22. The fraction of sp³-hybridized carbons (Fsp3) is 0.214. The summed E-state index contributed by atoms with van der Waals surface area (Å²) in [4.78, 5) is 4.17. The first-order valence-corrected chi connectivity index (χ1v) is 5.46. The van der Waals surface area contributed by atoms with Gasteiger partial charge < -0.3 is 5.32 Å². The Labute approximate surface area is 96.4 Å². The van der Waals surface area contributed by atoms with Gasteiger partial charge >= 0.3 is 0 Å². The highest BCUT2D eigenvalue weighted by Gasteiger charge is 2.01. The zero-order valence-corrected chi connectivity index (χ0v) is 9.70. The average Bonchev–Trinajstić information content (AvgIpc) is 2.31. The van der Waals surface area contributed by atoms with E-state index in [2.05, 4.69) is 41.5 Å². The monoisotopic (exact) mass is 212 g/mol. The minimum atomic E-state index is 0.909. The minimum Gasteiger partial charge on any atom is -0.316 e. The molecule has 1 aromatic heterocycles. The molecule has 82 valence electrons. The Morgan fingerprint density at radius 2 is 1.88 bits per heavy atom. The second-order valence-corrected chi connectivity index (χ2v) is 3.92. The second-order valence-electron chi connectivity index (χ2n) is 3.92. The number of pyridine rings is 1. The molecule has 1 heterocycles. The van der Waals surface area contributed by atoms with Gasteiger partial charge in [-0.1, -0.05) is 24.3 Å². The van der Waals surface area contributed by atoms with Crippen LogP contribution in [0.4, 0.5) is 0 Å². The van der Waals surface area contributed by atoms with Crippen LogP contribution < -0.4 is 5.32 Å². The second kappa shape index (κ2) is 4.90. The molecular formula is C14H16N2. The van der Waals surface area contributed by atoms with E-state index in [1.165, 1.54) is 22.3 Å². The third-order valence-electron chi connectivity index (χ3n) is 2.68. The Hall–Kier alpha value is -1.67. The number of hydrogen-bond acceptors (Lipinski definition) is 2. The molecule has 0 amide bonds. The van der Waals surface area contributed by atoms with Crippen LogP contribution in [0.5, 0.6) is 0 Å². The lowest BCUT2D eigenvalue weighted by Gasteiger charge is -2.06. The van der Waals surface area contributed by atoms with Crippen LogP contribution in [-0.2, 0) is 6.54 Å². The normalized spacial score (nSPS) is 10.4. The number of benzene rings is 1. The van der Waals surface area contributed by atoms with E-state index in [0.717, 1.165) is 6.54 Å². The van der Waals surface area contributed by atoms with E-state index in [-0.39, 0.29) is 0 Å². The molecule has 2 heteroatoms. The van der Waals surface area contributed by atoms with Gasteiger partial charge in [0.25, 0.3) is 0 Å². The predicted molar refractivity (Wildman–Crippen MR) is 67.2 cm³/mol. The van der Waals surface area contributed by atoms with Gasteiger partial charge in [0.05, 0.1) is 0 Å².